The van der Waals surface area contributed by atoms with Crippen LogP contribution < -0.4 is 29.5 Å². The first kappa shape index (κ1) is 35.7. The molecule has 5 aromatic rings. The maximum Gasteiger partial charge on any atom is 0.416 e. The van der Waals surface area contributed by atoms with Gasteiger partial charge in [-0.1, -0.05) is 60.3 Å². The number of rotatable bonds is 10. The summed E-state index contributed by atoms with van der Waals surface area (Å²) in [6.07, 6.45) is -2.05. The minimum absolute atomic E-state index is 0. The van der Waals surface area contributed by atoms with E-state index >= 15 is 0 Å². The minimum Gasteiger partial charge on any atom is -1.00 e. The van der Waals surface area contributed by atoms with Crippen molar-refractivity contribution in [3.63, 3.8) is 0 Å². The Balaban J connectivity index is 0.00000451. The molecule has 7 nitrogen and oxygen atoms in total. The first-order valence-electron chi connectivity index (χ1n) is 15.3. The molecule has 0 spiro atoms. The highest BCUT2D eigenvalue weighted by atomic mass is 127. The van der Waals surface area contributed by atoms with Crippen molar-refractivity contribution in [2.45, 2.75) is 56.0 Å². The van der Waals surface area contributed by atoms with Crippen molar-refractivity contribution >= 4 is 11.8 Å². The fraction of sp³-hybridized carbons (Fsp3) is 0.314. The summed E-state index contributed by atoms with van der Waals surface area (Å²) in [7, 11) is 6.25. The number of halogens is 5. The van der Waals surface area contributed by atoms with E-state index in [1.165, 1.54) is 36.0 Å². The van der Waals surface area contributed by atoms with Crippen LogP contribution in [0.4, 0.5) is 17.6 Å². The average Bonchev–Trinajstić information content (AvgIpc) is 3.66. The van der Waals surface area contributed by atoms with Crippen LogP contribution in [0.15, 0.2) is 82.7 Å². The number of fused-ring (bicyclic) bond motifs is 1. The van der Waals surface area contributed by atoms with Gasteiger partial charge in [-0.15, -0.1) is 10.2 Å². The van der Waals surface area contributed by atoms with Gasteiger partial charge in [0.15, 0.2) is 16.8 Å². The number of alkyl halides is 3. The minimum atomic E-state index is -4.38. The van der Waals surface area contributed by atoms with Crippen molar-refractivity contribution in [3.8, 4) is 11.1 Å². The SMILES string of the molecule is C[N+](C)(C)Cc1nnc(Cn2c(SCc3ccc(F)cc3)nc(=O)c3c2CCC3)n1Cc1ccc(-c2ccc(C(F)(F)F)cc2)cc1.[I-]. The molecule has 0 amide bonds. The van der Waals surface area contributed by atoms with Crippen molar-refractivity contribution < 1.29 is 46.0 Å². The molecule has 2 aromatic heterocycles. The number of nitrogens with zero attached hydrogens (tertiary/aromatic N) is 6. The molecule has 1 aliphatic rings. The topological polar surface area (TPSA) is 65.6 Å². The molecule has 0 saturated heterocycles. The molecule has 0 N–H and O–H groups in total. The Bertz CT molecular complexity index is 1930. The zero-order chi connectivity index (χ0) is 33.3. The molecule has 3 aromatic carbocycles. The molecule has 1 aliphatic carbocycles. The van der Waals surface area contributed by atoms with E-state index in [0.717, 1.165) is 64.6 Å². The van der Waals surface area contributed by atoms with Crippen molar-refractivity contribution in [1.82, 2.24) is 24.3 Å². The molecule has 48 heavy (non-hydrogen) atoms. The van der Waals surface area contributed by atoms with Gasteiger partial charge in [0.2, 0.25) is 0 Å². The van der Waals surface area contributed by atoms with Gasteiger partial charge in [0.25, 0.3) is 5.56 Å². The lowest BCUT2D eigenvalue weighted by Gasteiger charge is -2.24. The summed E-state index contributed by atoms with van der Waals surface area (Å²) in [5.74, 6) is 1.76. The smallest absolute Gasteiger partial charge is 0.416 e. The van der Waals surface area contributed by atoms with Crippen LogP contribution in [0.5, 0.6) is 0 Å². The number of aromatic nitrogens is 5. The molecular formula is C35H35F4IN6OS. The lowest BCUT2D eigenvalue weighted by atomic mass is 10.0. The highest BCUT2D eigenvalue weighted by Gasteiger charge is 2.30. The molecule has 2 heterocycles. The van der Waals surface area contributed by atoms with Crippen LogP contribution in [0, 0.1) is 5.82 Å². The molecule has 0 bridgehead atoms. The first-order valence-corrected chi connectivity index (χ1v) is 16.3. The van der Waals surface area contributed by atoms with Crippen LogP contribution >= 0.6 is 11.8 Å². The molecule has 6 rings (SSSR count). The Labute approximate surface area is 297 Å². The molecule has 13 heteroatoms. The molecule has 0 saturated carbocycles. The Kier molecular flexibility index (Phi) is 10.8. The van der Waals surface area contributed by atoms with Crippen LogP contribution in [0.25, 0.3) is 11.1 Å². The predicted molar refractivity (Wildman–Crippen MR) is 173 cm³/mol. The molecular weight excluding hydrogens is 755 g/mol. The van der Waals surface area contributed by atoms with Crippen molar-refractivity contribution in [3.05, 3.63) is 129 Å². The van der Waals surface area contributed by atoms with E-state index in [4.69, 9.17) is 0 Å². The number of hydrogen-bond acceptors (Lipinski definition) is 5. The maximum atomic E-state index is 13.5. The van der Waals surface area contributed by atoms with Crippen molar-refractivity contribution in [1.29, 1.82) is 0 Å². The predicted octanol–water partition coefficient (Wildman–Crippen LogP) is 3.75. The monoisotopic (exact) mass is 790 g/mol. The van der Waals surface area contributed by atoms with Gasteiger partial charge in [-0.05, 0) is 65.8 Å². The van der Waals surface area contributed by atoms with Crippen molar-refractivity contribution in [2.24, 2.45) is 0 Å². The van der Waals surface area contributed by atoms with Gasteiger partial charge in [-0.25, -0.2) is 4.39 Å². The Morgan fingerprint density at radius 2 is 1.40 bits per heavy atom. The van der Waals surface area contributed by atoms with E-state index in [1.54, 1.807) is 12.1 Å². The molecule has 0 aliphatic heterocycles. The van der Waals surface area contributed by atoms with Gasteiger partial charge < -0.3 is 37.6 Å². The fourth-order valence-corrected chi connectivity index (χ4v) is 6.75. The lowest BCUT2D eigenvalue weighted by Crippen LogP contribution is -3.00. The quantitative estimate of drug-likeness (QED) is 0.0710. The summed E-state index contributed by atoms with van der Waals surface area (Å²) in [5.41, 5.74) is 4.26. The summed E-state index contributed by atoms with van der Waals surface area (Å²) >= 11 is 1.44. The number of thioether (sulfide) groups is 1. The van der Waals surface area contributed by atoms with Crippen LogP contribution in [0.1, 0.15) is 46.0 Å². The third-order valence-electron chi connectivity index (χ3n) is 8.14. The third kappa shape index (κ3) is 8.35. The molecule has 252 valence electrons. The standard InChI is InChI=1S/C35H35F4N6OS.HI/c1-45(2,3)21-32-42-41-31(44(32)19-23-7-11-25(12-8-23)26-13-15-27(16-14-26)35(37,38)39)20-43-30-6-4-5-29(30)33(46)40-34(43)47-22-24-9-17-28(36)18-10-24;/h7-18H,4-6,19-22H2,1-3H3;1H/q+1;/p-1. The second kappa shape index (κ2) is 14.5. The zero-order valence-corrected chi connectivity index (χ0v) is 29.7. The largest absolute Gasteiger partial charge is 1.00 e. The summed E-state index contributed by atoms with van der Waals surface area (Å²) < 4.78 is 57.4. The summed E-state index contributed by atoms with van der Waals surface area (Å²) in [4.78, 5) is 17.5. The highest BCUT2D eigenvalue weighted by Crippen LogP contribution is 2.31. The van der Waals surface area contributed by atoms with Crippen LogP contribution in [-0.2, 0) is 44.4 Å². The average molecular weight is 791 g/mol. The Hall–Kier alpha value is -3.56. The van der Waals surface area contributed by atoms with E-state index in [1.807, 2.05) is 24.3 Å². The van der Waals surface area contributed by atoms with Gasteiger partial charge in [0, 0.05) is 17.0 Å². The van der Waals surface area contributed by atoms with Gasteiger partial charge in [0.05, 0.1) is 39.8 Å². The van der Waals surface area contributed by atoms with Gasteiger partial charge in [0.1, 0.15) is 12.4 Å². The van der Waals surface area contributed by atoms with E-state index in [9.17, 15) is 22.4 Å². The number of quaternary nitrogens is 1. The number of benzene rings is 3. The summed E-state index contributed by atoms with van der Waals surface area (Å²) in [6.45, 7) is 1.48. The Morgan fingerprint density at radius 1 is 0.792 bits per heavy atom. The van der Waals surface area contributed by atoms with E-state index in [2.05, 4.69) is 45.5 Å². The van der Waals surface area contributed by atoms with Gasteiger partial charge >= 0.3 is 6.18 Å². The first-order chi connectivity index (χ1) is 22.3. The van der Waals surface area contributed by atoms with Crippen molar-refractivity contribution in [2.75, 3.05) is 21.1 Å². The highest BCUT2D eigenvalue weighted by molar-refractivity contribution is 7.98. The summed E-state index contributed by atoms with van der Waals surface area (Å²) in [6, 6.07) is 19.2. The lowest BCUT2D eigenvalue weighted by molar-refractivity contribution is -0.884. The van der Waals surface area contributed by atoms with Crippen LogP contribution in [-0.4, -0.2) is 49.9 Å². The van der Waals surface area contributed by atoms with E-state index in [-0.39, 0.29) is 35.4 Å². The zero-order valence-electron chi connectivity index (χ0n) is 26.8. The second-order valence-electron chi connectivity index (χ2n) is 12.8. The molecule has 0 fully saturated rings. The molecule has 0 atom stereocenters. The second-order valence-corrected chi connectivity index (χ2v) is 13.8. The van der Waals surface area contributed by atoms with Gasteiger partial charge in [-0.3, -0.25) is 4.79 Å². The fourth-order valence-electron chi connectivity index (χ4n) is 5.78. The molecule has 0 unspecified atom stereocenters. The van der Waals surface area contributed by atoms with Crippen LogP contribution in [0.2, 0.25) is 0 Å². The maximum absolute atomic E-state index is 13.5. The van der Waals surface area contributed by atoms with Gasteiger partial charge in [-0.2, -0.15) is 18.2 Å². The normalized spacial score (nSPS) is 13.0. The molecule has 0 radical (unpaired) electrons. The van der Waals surface area contributed by atoms with E-state index in [0.29, 0.717) is 47.0 Å². The van der Waals surface area contributed by atoms with E-state index < -0.39 is 11.7 Å². The third-order valence-corrected chi connectivity index (χ3v) is 9.19. The van der Waals surface area contributed by atoms with Crippen LogP contribution in [0.3, 0.4) is 0 Å². The number of hydrogen-bond donors (Lipinski definition) is 0. The summed E-state index contributed by atoms with van der Waals surface area (Å²) in [5, 5.41) is 9.82. The Morgan fingerprint density at radius 3 is 2.02 bits per heavy atom.